The molecule has 0 bridgehead atoms. The number of likely N-dealkylation sites (N-methyl/N-ethyl adjacent to an activating group) is 1. The lowest BCUT2D eigenvalue weighted by Gasteiger charge is -2.35. The lowest BCUT2D eigenvalue weighted by molar-refractivity contribution is 0.0346. The second kappa shape index (κ2) is 35.7. The molecule has 0 saturated carbocycles. The summed E-state index contributed by atoms with van der Waals surface area (Å²) in [6.07, 6.45) is 6.52. The van der Waals surface area contributed by atoms with E-state index in [0.29, 0.717) is 104 Å². The normalized spacial score (nSPS) is 17.0. The summed E-state index contributed by atoms with van der Waals surface area (Å²) in [7, 11) is 2.17. The average Bonchev–Trinajstić information content (AvgIpc) is 1.61. The van der Waals surface area contributed by atoms with Gasteiger partial charge in [0.05, 0.1) is 37.8 Å². The number of hydrogen-bond donors (Lipinski definition) is 3. The molecule has 5 aliphatic heterocycles. The molecule has 2 saturated heterocycles. The van der Waals surface area contributed by atoms with E-state index in [4.69, 9.17) is 79.6 Å². The van der Waals surface area contributed by atoms with Crippen LogP contribution in [-0.4, -0.2) is 175 Å². The smallest absolute Gasteiger partial charge is 0.416 e. The van der Waals surface area contributed by atoms with E-state index >= 15 is 0 Å². The number of halogens is 4. The molecule has 18 rings (SSSR count). The summed E-state index contributed by atoms with van der Waals surface area (Å²) in [6.45, 7) is 19.1. The van der Waals surface area contributed by atoms with E-state index in [-0.39, 0.29) is 24.3 Å². The van der Waals surface area contributed by atoms with Crippen molar-refractivity contribution < 1.29 is 47.5 Å². The van der Waals surface area contributed by atoms with Crippen LogP contribution in [0.3, 0.4) is 0 Å². The number of nitrogens with zero attached hydrogens (tertiary/aromatic N) is 10. The van der Waals surface area contributed by atoms with Crippen LogP contribution in [0.5, 0.6) is 39.3 Å². The first-order valence-electron chi connectivity index (χ1n) is 38.7. The predicted molar refractivity (Wildman–Crippen MR) is 452 cm³/mol. The van der Waals surface area contributed by atoms with Gasteiger partial charge in [-0.05, 0) is 203 Å². The maximum atomic E-state index is 13.5. The Morgan fingerprint density at radius 3 is 1.27 bits per heavy atom. The molecule has 0 unspecified atom stereocenters. The van der Waals surface area contributed by atoms with Crippen LogP contribution in [0.2, 0.25) is 20.1 Å². The number of aryl methyl sites for hydroxylation is 2. The van der Waals surface area contributed by atoms with Crippen molar-refractivity contribution in [2.75, 3.05) is 92.4 Å². The summed E-state index contributed by atoms with van der Waals surface area (Å²) in [4.78, 5) is 82.6. The van der Waals surface area contributed by atoms with Crippen molar-refractivity contribution in [3.05, 3.63) is 262 Å². The van der Waals surface area contributed by atoms with E-state index in [1.54, 1.807) is 67.8 Å². The molecule has 0 radical (unpaired) electrons. The first-order valence-corrected chi connectivity index (χ1v) is 41.8. The van der Waals surface area contributed by atoms with Crippen LogP contribution in [-0.2, 0) is 46.6 Å². The molecule has 116 heavy (non-hydrogen) atoms. The topological polar surface area (TPSA) is 234 Å². The Morgan fingerprint density at radius 2 is 0.845 bits per heavy atom. The van der Waals surface area contributed by atoms with Crippen LogP contribution in [0.25, 0.3) is 32.7 Å². The van der Waals surface area contributed by atoms with Crippen molar-refractivity contribution in [3.8, 4) is 39.3 Å². The third-order valence-corrected chi connectivity index (χ3v) is 24.0. The van der Waals surface area contributed by atoms with Gasteiger partial charge in [-0.1, -0.05) is 105 Å². The van der Waals surface area contributed by atoms with Crippen LogP contribution in [0.1, 0.15) is 104 Å². The second-order valence-corrected chi connectivity index (χ2v) is 32.8. The van der Waals surface area contributed by atoms with E-state index in [0.717, 1.165) is 161 Å². The minimum atomic E-state index is -0.448. The van der Waals surface area contributed by atoms with Crippen LogP contribution >= 0.6 is 69.1 Å². The summed E-state index contributed by atoms with van der Waals surface area (Å²) in [5.41, 5.74) is 13.7. The number of aromatic amines is 3. The number of H-pyrrole nitrogens is 3. The van der Waals surface area contributed by atoms with Gasteiger partial charge in [0.2, 0.25) is 5.88 Å². The van der Waals surface area contributed by atoms with E-state index in [9.17, 15) is 14.4 Å². The molecule has 23 nitrogen and oxygen atoms in total. The molecule has 6 aromatic heterocycles. The van der Waals surface area contributed by atoms with Crippen LogP contribution in [0, 0.1) is 13.8 Å². The monoisotopic (exact) mass is 1680 g/mol. The summed E-state index contributed by atoms with van der Waals surface area (Å²) < 4.78 is 40.2. The van der Waals surface area contributed by atoms with Crippen molar-refractivity contribution >= 4 is 120 Å². The fraction of sp³-hybridized carbons (Fsp3) is 0.299. The van der Waals surface area contributed by atoms with Gasteiger partial charge in [0, 0.05) is 170 Å². The van der Waals surface area contributed by atoms with Crippen LogP contribution < -0.4 is 18.9 Å². The summed E-state index contributed by atoms with van der Waals surface area (Å²) >= 11 is 28.1. The average molecular weight is 1680 g/mol. The summed E-state index contributed by atoms with van der Waals surface area (Å²) in [5, 5.41) is 7.13. The molecule has 0 spiro atoms. The standard InChI is InChI=1S/C30H24Cl2N4O3.C29H32ClN5O3S.C28H29ClN4O4S/c1-17-16-33-18(2)29(34-17)38-22-8-3-19(4-9-22)28-27-24(25-15-21(32)7-12-26(25)35-27)13-14-36(28)30(37)39-23-10-5-20(31)6-11-23;1-3-37-29(36)35-11-10-23-24-16-20(30)6-9-25(24)32-26(23)27(35)19-4-7-21(8-5-19)38-28-31-17-22(39-28)18-34-14-12-33(2)13-15-34;1-2-36-28(34)33-10-9-22-23-15-19(29)5-8-24(23)31-25(22)26(33)18-3-6-20(7-4-18)37-27-30-16-21(38-27)17-32-11-13-35-14-12-32/h3-12,15-16,28,35H,13-14H2,1-2H3;4-9,16-17,27,32H,3,10-15,18H2,1-2H3;3-8,15-16,26,31H,2,9-14,17H2,1H3/t28-;27-;26-/m000/s1. The van der Waals surface area contributed by atoms with E-state index < -0.39 is 12.1 Å². The van der Waals surface area contributed by atoms with Gasteiger partial charge in [-0.2, -0.15) is 0 Å². The minimum absolute atomic E-state index is 0.303. The van der Waals surface area contributed by atoms with Gasteiger partial charge in [-0.15, -0.1) is 0 Å². The Labute approximate surface area is 698 Å². The maximum absolute atomic E-state index is 13.5. The number of benzene rings is 7. The Balaban J connectivity index is 0.000000131. The molecule has 3 atom stereocenters. The maximum Gasteiger partial charge on any atom is 0.416 e. The number of carbonyl (C=O) groups is 3. The van der Waals surface area contributed by atoms with Crippen molar-refractivity contribution in [3.63, 3.8) is 0 Å². The van der Waals surface area contributed by atoms with Gasteiger partial charge in [0.25, 0.3) is 10.4 Å². The summed E-state index contributed by atoms with van der Waals surface area (Å²) in [5.74, 6) is 2.92. The quantitative estimate of drug-likeness (QED) is 0.0816. The van der Waals surface area contributed by atoms with Crippen LogP contribution in [0.15, 0.2) is 170 Å². The lowest BCUT2D eigenvalue weighted by atomic mass is 9.92. The second-order valence-electron chi connectivity index (χ2n) is 28.9. The van der Waals surface area contributed by atoms with Crippen molar-refractivity contribution in [2.24, 2.45) is 0 Å². The summed E-state index contributed by atoms with van der Waals surface area (Å²) in [6, 6.07) is 46.6. The highest BCUT2D eigenvalue weighted by Gasteiger charge is 2.39. The van der Waals surface area contributed by atoms with E-state index in [2.05, 4.69) is 56.6 Å². The largest absolute Gasteiger partial charge is 0.450 e. The highest BCUT2D eigenvalue weighted by molar-refractivity contribution is 7.13. The van der Waals surface area contributed by atoms with E-state index in [1.807, 2.05) is 167 Å². The number of aromatic nitrogens is 7. The number of morpholine rings is 1. The molecule has 5 aliphatic rings. The van der Waals surface area contributed by atoms with Crippen molar-refractivity contribution in [2.45, 2.75) is 78.2 Å². The Hall–Kier alpha value is -10.3. The molecule has 11 heterocycles. The number of nitrogens with one attached hydrogen (secondary N) is 3. The highest BCUT2D eigenvalue weighted by Crippen LogP contribution is 2.45. The van der Waals surface area contributed by atoms with Gasteiger partial charge in [-0.25, -0.2) is 29.3 Å². The number of hydrogen-bond acceptors (Lipinski definition) is 19. The number of ether oxygens (including phenoxy) is 7. The van der Waals surface area contributed by atoms with Crippen molar-refractivity contribution in [1.29, 1.82) is 0 Å². The van der Waals surface area contributed by atoms with Gasteiger partial charge < -0.3 is 53.0 Å². The number of fused-ring (bicyclic) bond motifs is 9. The molecular formula is C87H85Cl4N13O10S2. The van der Waals surface area contributed by atoms with E-state index in [1.165, 1.54) is 16.0 Å². The number of rotatable bonds is 16. The van der Waals surface area contributed by atoms with Crippen LogP contribution in [0.4, 0.5) is 14.4 Å². The first kappa shape index (κ1) is 79.5. The van der Waals surface area contributed by atoms with Crippen molar-refractivity contribution in [1.82, 2.24) is 64.3 Å². The zero-order valence-electron chi connectivity index (χ0n) is 64.5. The third-order valence-electron chi connectivity index (χ3n) is 21.3. The molecule has 598 valence electrons. The van der Waals surface area contributed by atoms with Gasteiger partial charge in [-0.3, -0.25) is 29.5 Å². The van der Waals surface area contributed by atoms with Gasteiger partial charge in [0.1, 0.15) is 41.1 Å². The Bertz CT molecular complexity index is 5670. The zero-order chi connectivity index (χ0) is 80.1. The molecule has 3 amide bonds. The molecule has 7 aromatic carbocycles. The number of piperazine rings is 1. The molecular weight excluding hydrogens is 1590 g/mol. The minimum Gasteiger partial charge on any atom is -0.450 e. The SMILES string of the molecule is CCOC(=O)N1CCc2c([nH]c3ccc(Cl)cc23)[C@@H]1c1ccc(Oc2ncc(CN3CCN(C)CC3)s2)cc1.CCOC(=O)N1CCc2c([nH]c3ccc(Cl)cc23)[C@@H]1c1ccc(Oc2ncc(CN3CCOCC3)s2)cc1.Cc1cnc(C)c(Oc2ccc([C@H]3c4[nH]c5ccc(Cl)cc5c4CCN3C(=O)Oc3ccc(Cl)cc3)cc2)n1. The fourth-order valence-electron chi connectivity index (χ4n) is 15.6. The third kappa shape index (κ3) is 18.0. The fourth-order valence-corrected chi connectivity index (χ4v) is 17.9. The molecule has 0 aliphatic carbocycles. The van der Waals surface area contributed by atoms with Gasteiger partial charge >= 0.3 is 18.3 Å². The molecule has 3 N–H and O–H groups in total. The van der Waals surface area contributed by atoms with Gasteiger partial charge in [0.15, 0.2) is 0 Å². The lowest BCUT2D eigenvalue weighted by Crippen LogP contribution is -2.43. The Morgan fingerprint density at radius 1 is 0.457 bits per heavy atom. The molecule has 2 fully saturated rings. The highest BCUT2D eigenvalue weighted by atomic mass is 35.5. The number of carbonyl (C=O) groups excluding carboxylic acids is 3. The molecule has 13 aromatic rings. The number of amides is 3. The zero-order valence-corrected chi connectivity index (χ0v) is 69.2. The Kier molecular flexibility index (Phi) is 24.5. The predicted octanol–water partition coefficient (Wildman–Crippen LogP) is 19.7. The molecule has 29 heteroatoms. The first-order chi connectivity index (χ1) is 56.4. The number of thiazole rings is 2.